The van der Waals surface area contributed by atoms with Gasteiger partial charge in [0.1, 0.15) is 24.3 Å². The summed E-state index contributed by atoms with van der Waals surface area (Å²) in [6, 6.07) is 5.37. The molecule has 0 amide bonds. The number of rotatable bonds is 4. The molecule has 1 fully saturated rings. The predicted octanol–water partition coefficient (Wildman–Crippen LogP) is 2.81. The van der Waals surface area contributed by atoms with E-state index in [0.717, 1.165) is 35.7 Å². The van der Waals surface area contributed by atoms with Gasteiger partial charge in [-0.2, -0.15) is 17.5 Å². The van der Waals surface area contributed by atoms with Gasteiger partial charge in [-0.3, -0.25) is 4.57 Å². The molecule has 8 nitrogen and oxygen atoms in total. The maximum absolute atomic E-state index is 12.9. The van der Waals surface area contributed by atoms with Crippen LogP contribution in [0.3, 0.4) is 0 Å². The number of aromatic nitrogens is 4. The number of alkyl halides is 3. The summed E-state index contributed by atoms with van der Waals surface area (Å²) in [7, 11) is -3.89. The average Bonchev–Trinajstić information content (AvgIpc) is 3.12. The van der Waals surface area contributed by atoms with E-state index in [0.29, 0.717) is 24.7 Å². The van der Waals surface area contributed by atoms with Crippen molar-refractivity contribution in [1.82, 2.24) is 23.8 Å². The van der Waals surface area contributed by atoms with E-state index in [1.807, 2.05) is 29.4 Å². The van der Waals surface area contributed by atoms with Gasteiger partial charge in [-0.15, -0.1) is 0 Å². The highest BCUT2D eigenvalue weighted by atomic mass is 32.2. The Kier molecular flexibility index (Phi) is 5.67. The first-order chi connectivity index (χ1) is 15.1. The number of hydrogen-bond donors (Lipinski definition) is 0. The maximum Gasteiger partial charge on any atom is 0.416 e. The SMILES string of the molecule is Cc1ncn(-c2cc(N3CCN(S(=O)(=O)c4ccc(C(F)(F)F)cc4)CC3)ncn2)c1C. The van der Waals surface area contributed by atoms with Crippen molar-refractivity contribution >= 4 is 15.8 Å². The van der Waals surface area contributed by atoms with E-state index in [1.165, 1.54) is 10.6 Å². The van der Waals surface area contributed by atoms with Crippen LogP contribution in [0, 0.1) is 13.8 Å². The van der Waals surface area contributed by atoms with Gasteiger partial charge in [-0.1, -0.05) is 0 Å². The fourth-order valence-electron chi connectivity index (χ4n) is 3.49. The van der Waals surface area contributed by atoms with Gasteiger partial charge in [-0.05, 0) is 38.1 Å². The van der Waals surface area contributed by atoms with Crippen molar-refractivity contribution in [1.29, 1.82) is 0 Å². The highest BCUT2D eigenvalue weighted by molar-refractivity contribution is 7.89. The Morgan fingerprint density at radius 2 is 1.53 bits per heavy atom. The van der Waals surface area contributed by atoms with Crippen LogP contribution in [0.1, 0.15) is 17.0 Å². The topological polar surface area (TPSA) is 84.2 Å². The molecule has 3 aromatic rings. The third kappa shape index (κ3) is 4.19. The van der Waals surface area contributed by atoms with Crippen molar-refractivity contribution in [2.75, 3.05) is 31.1 Å². The zero-order valence-electron chi connectivity index (χ0n) is 17.4. The lowest BCUT2D eigenvalue weighted by Gasteiger charge is -2.34. The zero-order chi connectivity index (χ0) is 23.1. The van der Waals surface area contributed by atoms with Gasteiger partial charge in [0, 0.05) is 37.9 Å². The molecule has 0 atom stereocenters. The Morgan fingerprint density at radius 3 is 2.09 bits per heavy atom. The van der Waals surface area contributed by atoms with Crippen LogP contribution in [0.25, 0.3) is 5.82 Å². The number of halogens is 3. The van der Waals surface area contributed by atoms with Gasteiger partial charge in [0.2, 0.25) is 10.0 Å². The van der Waals surface area contributed by atoms with E-state index in [4.69, 9.17) is 0 Å². The molecule has 0 saturated carbocycles. The summed E-state index contributed by atoms with van der Waals surface area (Å²) in [6.07, 6.45) is -1.38. The summed E-state index contributed by atoms with van der Waals surface area (Å²) < 4.78 is 67.1. The summed E-state index contributed by atoms with van der Waals surface area (Å²) in [6.45, 7) is 4.99. The Hall–Kier alpha value is -2.99. The van der Waals surface area contributed by atoms with Crippen LogP contribution in [0.15, 0.2) is 47.9 Å². The first-order valence-corrected chi connectivity index (χ1v) is 11.3. The van der Waals surface area contributed by atoms with Crippen molar-refractivity contribution in [2.24, 2.45) is 0 Å². The quantitative estimate of drug-likeness (QED) is 0.588. The molecule has 12 heteroatoms. The minimum atomic E-state index is -4.52. The van der Waals surface area contributed by atoms with E-state index in [-0.39, 0.29) is 18.0 Å². The minimum Gasteiger partial charge on any atom is -0.354 e. The molecule has 3 heterocycles. The largest absolute Gasteiger partial charge is 0.416 e. The number of piperazine rings is 1. The molecular formula is C20H21F3N6O2S. The highest BCUT2D eigenvalue weighted by Crippen LogP contribution is 2.30. The molecule has 4 rings (SSSR count). The lowest BCUT2D eigenvalue weighted by molar-refractivity contribution is -0.137. The van der Waals surface area contributed by atoms with Gasteiger partial charge in [0.25, 0.3) is 0 Å². The van der Waals surface area contributed by atoms with Crippen LogP contribution in [0.5, 0.6) is 0 Å². The minimum absolute atomic E-state index is 0.158. The fraction of sp³-hybridized carbons (Fsp3) is 0.350. The number of aryl methyl sites for hydroxylation is 1. The third-order valence-electron chi connectivity index (χ3n) is 5.52. The van der Waals surface area contributed by atoms with E-state index < -0.39 is 21.8 Å². The Labute approximate surface area is 183 Å². The molecule has 0 bridgehead atoms. The average molecular weight is 466 g/mol. The van der Waals surface area contributed by atoms with Gasteiger partial charge < -0.3 is 4.90 Å². The van der Waals surface area contributed by atoms with Crippen LogP contribution < -0.4 is 4.90 Å². The third-order valence-corrected chi connectivity index (χ3v) is 7.43. The van der Waals surface area contributed by atoms with E-state index in [9.17, 15) is 21.6 Å². The molecule has 0 unspecified atom stereocenters. The van der Waals surface area contributed by atoms with Crippen LogP contribution in [0.2, 0.25) is 0 Å². The molecule has 1 aliphatic heterocycles. The fourth-order valence-corrected chi connectivity index (χ4v) is 4.92. The first kappa shape index (κ1) is 22.2. The van der Waals surface area contributed by atoms with Crippen LogP contribution in [-0.2, 0) is 16.2 Å². The second-order valence-electron chi connectivity index (χ2n) is 7.43. The summed E-state index contributed by atoms with van der Waals surface area (Å²) >= 11 is 0. The lowest BCUT2D eigenvalue weighted by atomic mass is 10.2. The molecule has 0 spiro atoms. The summed E-state index contributed by atoms with van der Waals surface area (Å²) in [5, 5.41) is 0. The van der Waals surface area contributed by atoms with Gasteiger partial charge in [-0.25, -0.2) is 23.4 Å². The van der Waals surface area contributed by atoms with Crippen molar-refractivity contribution in [2.45, 2.75) is 24.9 Å². The predicted molar refractivity (Wildman–Crippen MR) is 111 cm³/mol. The number of anilines is 1. The number of hydrogen-bond acceptors (Lipinski definition) is 6. The lowest BCUT2D eigenvalue weighted by Crippen LogP contribution is -2.49. The Morgan fingerprint density at radius 1 is 0.906 bits per heavy atom. The molecule has 0 aliphatic carbocycles. The van der Waals surface area contributed by atoms with Crippen molar-refractivity contribution in [3.05, 3.63) is 59.9 Å². The standard InChI is InChI=1S/C20H21F3N6O2S/c1-14-15(2)29(13-26-14)19-11-18(24-12-25-19)27-7-9-28(10-8-27)32(30,31)17-5-3-16(4-6-17)20(21,22)23/h3-6,11-13H,7-10H2,1-2H3. The Balaban J connectivity index is 1.47. The van der Waals surface area contributed by atoms with Crippen LogP contribution >= 0.6 is 0 Å². The van der Waals surface area contributed by atoms with Crippen LogP contribution in [0.4, 0.5) is 19.0 Å². The van der Waals surface area contributed by atoms with E-state index >= 15 is 0 Å². The maximum atomic E-state index is 12.9. The molecular weight excluding hydrogens is 445 g/mol. The smallest absolute Gasteiger partial charge is 0.354 e. The number of imidazole rings is 1. The first-order valence-electron chi connectivity index (χ1n) is 9.83. The molecule has 170 valence electrons. The molecule has 1 saturated heterocycles. The number of benzene rings is 1. The van der Waals surface area contributed by atoms with Crippen molar-refractivity contribution in [3.63, 3.8) is 0 Å². The summed E-state index contributed by atoms with van der Waals surface area (Å²) in [5.41, 5.74) is 0.971. The summed E-state index contributed by atoms with van der Waals surface area (Å²) in [4.78, 5) is 14.7. The second-order valence-corrected chi connectivity index (χ2v) is 9.37. The van der Waals surface area contributed by atoms with Crippen molar-refractivity contribution < 1.29 is 21.6 Å². The molecule has 1 aromatic carbocycles. The molecule has 0 N–H and O–H groups in total. The molecule has 0 radical (unpaired) electrons. The van der Waals surface area contributed by atoms with E-state index in [1.54, 1.807) is 6.33 Å². The number of nitrogens with zero attached hydrogens (tertiary/aromatic N) is 6. The zero-order valence-corrected chi connectivity index (χ0v) is 18.2. The Bertz CT molecular complexity index is 1220. The van der Waals surface area contributed by atoms with Crippen molar-refractivity contribution in [3.8, 4) is 5.82 Å². The van der Waals surface area contributed by atoms with E-state index in [2.05, 4.69) is 15.0 Å². The molecule has 2 aromatic heterocycles. The molecule has 32 heavy (non-hydrogen) atoms. The summed E-state index contributed by atoms with van der Waals surface area (Å²) in [5.74, 6) is 1.32. The van der Waals surface area contributed by atoms with Gasteiger partial charge >= 0.3 is 6.18 Å². The van der Waals surface area contributed by atoms with Gasteiger partial charge in [0.15, 0.2) is 0 Å². The number of sulfonamides is 1. The van der Waals surface area contributed by atoms with Gasteiger partial charge in [0.05, 0.1) is 16.2 Å². The highest BCUT2D eigenvalue weighted by Gasteiger charge is 2.32. The second kappa shape index (κ2) is 8.17. The molecule has 1 aliphatic rings. The van der Waals surface area contributed by atoms with Crippen LogP contribution in [-0.4, -0.2) is 58.4 Å². The normalized spacial score (nSPS) is 15.8. The monoisotopic (exact) mass is 466 g/mol.